The number of likely N-dealkylation sites (N-methyl/N-ethyl adjacent to an activating group) is 1. The summed E-state index contributed by atoms with van der Waals surface area (Å²) in [7, 11) is 0. The highest BCUT2D eigenvalue weighted by Gasteiger charge is 2.21. The van der Waals surface area contributed by atoms with Crippen molar-refractivity contribution in [1.29, 1.82) is 0 Å². The van der Waals surface area contributed by atoms with Crippen molar-refractivity contribution in [2.24, 2.45) is 5.92 Å². The number of hydrogen-bond donors (Lipinski definition) is 1. The van der Waals surface area contributed by atoms with Crippen LogP contribution in [0.3, 0.4) is 0 Å². The molecular weight excluding hydrogens is 226 g/mol. The molecule has 1 N–H and O–H groups in total. The summed E-state index contributed by atoms with van der Waals surface area (Å²) in [6.45, 7) is 14.8. The van der Waals surface area contributed by atoms with Crippen LogP contribution in [-0.4, -0.2) is 74.9 Å². The summed E-state index contributed by atoms with van der Waals surface area (Å²) >= 11 is 0. The van der Waals surface area contributed by atoms with Crippen molar-refractivity contribution in [2.45, 2.75) is 26.3 Å². The minimum absolute atomic E-state index is 0.715. The van der Waals surface area contributed by atoms with Gasteiger partial charge in [0.15, 0.2) is 0 Å². The van der Waals surface area contributed by atoms with E-state index >= 15 is 0 Å². The van der Waals surface area contributed by atoms with Crippen LogP contribution in [0.4, 0.5) is 0 Å². The van der Waals surface area contributed by atoms with Crippen molar-refractivity contribution in [1.82, 2.24) is 15.1 Å². The SMILES string of the molecule is CCN1CCN(CCNCC2CCOC2)CC1C. The van der Waals surface area contributed by atoms with Crippen molar-refractivity contribution in [3.8, 4) is 0 Å². The second kappa shape index (κ2) is 7.43. The number of ether oxygens (including phenoxy) is 1. The average Bonchev–Trinajstić information content (AvgIpc) is 2.88. The van der Waals surface area contributed by atoms with Crippen LogP contribution in [0, 0.1) is 5.92 Å². The number of rotatable bonds is 6. The first-order valence-corrected chi connectivity index (χ1v) is 7.54. The van der Waals surface area contributed by atoms with Crippen LogP contribution >= 0.6 is 0 Å². The predicted molar refractivity (Wildman–Crippen MR) is 74.9 cm³/mol. The molecule has 0 amide bonds. The predicted octanol–water partition coefficient (Wildman–Crippen LogP) is 0.639. The number of hydrogen-bond acceptors (Lipinski definition) is 4. The van der Waals surface area contributed by atoms with Gasteiger partial charge in [-0.2, -0.15) is 0 Å². The average molecular weight is 255 g/mol. The Morgan fingerprint density at radius 1 is 1.33 bits per heavy atom. The maximum Gasteiger partial charge on any atom is 0.0507 e. The quantitative estimate of drug-likeness (QED) is 0.705. The highest BCUT2D eigenvalue weighted by Crippen LogP contribution is 2.11. The van der Waals surface area contributed by atoms with Crippen molar-refractivity contribution in [3.05, 3.63) is 0 Å². The molecule has 0 aliphatic carbocycles. The molecule has 2 aliphatic heterocycles. The summed E-state index contributed by atoms with van der Waals surface area (Å²) in [5.41, 5.74) is 0. The molecule has 4 nitrogen and oxygen atoms in total. The third-order valence-corrected chi connectivity index (χ3v) is 4.32. The summed E-state index contributed by atoms with van der Waals surface area (Å²) in [4.78, 5) is 5.16. The van der Waals surface area contributed by atoms with Crippen LogP contribution in [0.1, 0.15) is 20.3 Å². The summed E-state index contributed by atoms with van der Waals surface area (Å²) in [6, 6.07) is 0.715. The Hall–Kier alpha value is -0.160. The van der Waals surface area contributed by atoms with E-state index in [1.165, 1.54) is 39.1 Å². The second-order valence-corrected chi connectivity index (χ2v) is 5.71. The molecule has 106 valence electrons. The lowest BCUT2D eigenvalue weighted by atomic mass is 10.1. The molecule has 2 rings (SSSR count). The van der Waals surface area contributed by atoms with Gasteiger partial charge in [-0.1, -0.05) is 6.92 Å². The van der Waals surface area contributed by atoms with Gasteiger partial charge in [-0.05, 0) is 25.8 Å². The minimum atomic E-state index is 0.715. The lowest BCUT2D eigenvalue weighted by molar-refractivity contribution is 0.0885. The molecule has 0 aromatic rings. The van der Waals surface area contributed by atoms with Crippen LogP contribution in [0.2, 0.25) is 0 Å². The van der Waals surface area contributed by atoms with Crippen molar-refractivity contribution >= 4 is 0 Å². The lowest BCUT2D eigenvalue weighted by Crippen LogP contribution is -2.52. The van der Waals surface area contributed by atoms with Crippen LogP contribution < -0.4 is 5.32 Å². The summed E-state index contributed by atoms with van der Waals surface area (Å²) in [5, 5.41) is 3.58. The monoisotopic (exact) mass is 255 g/mol. The Balaban J connectivity index is 1.54. The standard InChI is InChI=1S/C14H29N3O/c1-3-17-8-7-16(11-13(17)2)6-5-15-10-14-4-9-18-12-14/h13-15H,3-12H2,1-2H3. The molecule has 0 aromatic carbocycles. The van der Waals surface area contributed by atoms with Gasteiger partial charge in [-0.3, -0.25) is 9.80 Å². The molecule has 18 heavy (non-hydrogen) atoms. The summed E-state index contributed by atoms with van der Waals surface area (Å²) in [5.74, 6) is 0.751. The van der Waals surface area contributed by atoms with Crippen LogP contribution in [0.5, 0.6) is 0 Å². The fourth-order valence-corrected chi connectivity index (χ4v) is 3.03. The molecule has 0 spiro atoms. The molecule has 2 aliphatic rings. The molecule has 2 saturated heterocycles. The fraction of sp³-hybridized carbons (Fsp3) is 1.00. The van der Waals surface area contributed by atoms with Gasteiger partial charge in [0.05, 0.1) is 6.61 Å². The van der Waals surface area contributed by atoms with E-state index in [9.17, 15) is 0 Å². The first-order chi connectivity index (χ1) is 8.79. The Kier molecular flexibility index (Phi) is 5.89. The van der Waals surface area contributed by atoms with E-state index in [1.807, 2.05) is 0 Å². The molecule has 0 saturated carbocycles. The van der Waals surface area contributed by atoms with E-state index < -0.39 is 0 Å². The van der Waals surface area contributed by atoms with Gasteiger partial charge in [-0.25, -0.2) is 0 Å². The molecule has 2 heterocycles. The normalized spacial score (nSPS) is 31.0. The van der Waals surface area contributed by atoms with E-state index in [4.69, 9.17) is 4.74 Å². The van der Waals surface area contributed by atoms with Gasteiger partial charge in [0.2, 0.25) is 0 Å². The molecule has 2 unspecified atom stereocenters. The zero-order valence-corrected chi connectivity index (χ0v) is 12.0. The number of nitrogens with one attached hydrogen (secondary N) is 1. The molecule has 4 heteroatoms. The Bertz CT molecular complexity index is 231. The van der Waals surface area contributed by atoms with Crippen LogP contribution in [0.15, 0.2) is 0 Å². The molecular formula is C14H29N3O. The largest absolute Gasteiger partial charge is 0.381 e. The fourth-order valence-electron chi connectivity index (χ4n) is 3.03. The van der Waals surface area contributed by atoms with Crippen LogP contribution in [0.25, 0.3) is 0 Å². The third kappa shape index (κ3) is 4.19. The number of piperazine rings is 1. The van der Waals surface area contributed by atoms with Gasteiger partial charge in [-0.15, -0.1) is 0 Å². The first-order valence-electron chi connectivity index (χ1n) is 7.54. The zero-order valence-electron chi connectivity index (χ0n) is 12.0. The molecule has 0 bridgehead atoms. The zero-order chi connectivity index (χ0) is 12.8. The molecule has 2 fully saturated rings. The lowest BCUT2D eigenvalue weighted by Gasteiger charge is -2.39. The van der Waals surface area contributed by atoms with Gasteiger partial charge >= 0.3 is 0 Å². The van der Waals surface area contributed by atoms with Crippen molar-refractivity contribution in [2.75, 3.05) is 59.0 Å². The number of nitrogens with zero attached hydrogens (tertiary/aromatic N) is 2. The Morgan fingerprint density at radius 3 is 2.89 bits per heavy atom. The summed E-state index contributed by atoms with van der Waals surface area (Å²) < 4.78 is 5.39. The first kappa shape index (κ1) is 14.3. The van der Waals surface area contributed by atoms with Gasteiger partial charge in [0.1, 0.15) is 0 Å². The van der Waals surface area contributed by atoms with Gasteiger partial charge < -0.3 is 10.1 Å². The molecule has 2 atom stereocenters. The maximum absolute atomic E-state index is 5.39. The van der Waals surface area contributed by atoms with Crippen molar-refractivity contribution < 1.29 is 4.74 Å². The van der Waals surface area contributed by atoms with Crippen molar-refractivity contribution in [3.63, 3.8) is 0 Å². The van der Waals surface area contributed by atoms with E-state index in [2.05, 4.69) is 29.0 Å². The van der Waals surface area contributed by atoms with E-state index in [0.29, 0.717) is 6.04 Å². The Morgan fingerprint density at radius 2 is 2.22 bits per heavy atom. The smallest absolute Gasteiger partial charge is 0.0507 e. The maximum atomic E-state index is 5.39. The second-order valence-electron chi connectivity index (χ2n) is 5.71. The minimum Gasteiger partial charge on any atom is -0.381 e. The highest BCUT2D eigenvalue weighted by atomic mass is 16.5. The molecule has 0 aromatic heterocycles. The molecule has 0 radical (unpaired) electrons. The van der Waals surface area contributed by atoms with E-state index in [-0.39, 0.29) is 0 Å². The highest BCUT2D eigenvalue weighted by molar-refractivity contribution is 4.78. The van der Waals surface area contributed by atoms with Gasteiger partial charge in [0, 0.05) is 51.9 Å². The topological polar surface area (TPSA) is 27.7 Å². The third-order valence-electron chi connectivity index (χ3n) is 4.32. The van der Waals surface area contributed by atoms with E-state index in [1.54, 1.807) is 0 Å². The van der Waals surface area contributed by atoms with E-state index in [0.717, 1.165) is 32.2 Å². The van der Waals surface area contributed by atoms with Crippen LogP contribution in [-0.2, 0) is 4.74 Å². The Labute approximate surface area is 112 Å². The summed E-state index contributed by atoms with van der Waals surface area (Å²) in [6.07, 6.45) is 1.24. The van der Waals surface area contributed by atoms with Gasteiger partial charge in [0.25, 0.3) is 0 Å².